The summed E-state index contributed by atoms with van der Waals surface area (Å²) in [5.74, 6) is 0. The Morgan fingerprint density at radius 1 is 0.733 bits per heavy atom. The van der Waals surface area contributed by atoms with Crippen molar-refractivity contribution in [1.29, 1.82) is 0 Å². The van der Waals surface area contributed by atoms with E-state index < -0.39 is 0 Å². The van der Waals surface area contributed by atoms with Gasteiger partial charge in [0.2, 0.25) is 0 Å². The van der Waals surface area contributed by atoms with E-state index >= 15 is 0 Å². The zero-order valence-corrected chi connectivity index (χ0v) is 11.2. The maximum atomic E-state index is 2.39. The fourth-order valence-electron chi connectivity index (χ4n) is 1.91. The van der Waals surface area contributed by atoms with Crippen LogP contribution in [0.15, 0.2) is 0 Å². The maximum Gasteiger partial charge on any atom is -0.00218 e. The molecule has 0 spiro atoms. The van der Waals surface area contributed by atoms with Crippen molar-refractivity contribution in [3.63, 3.8) is 0 Å². The summed E-state index contributed by atoms with van der Waals surface area (Å²) < 4.78 is 0. The Kier molecular flexibility index (Phi) is 12.0. The van der Waals surface area contributed by atoms with Crippen LogP contribution in [0.25, 0.3) is 0 Å². The molecular formula is C14H31N. The van der Waals surface area contributed by atoms with Crippen LogP contribution in [0.5, 0.6) is 0 Å². The van der Waals surface area contributed by atoms with Crippen molar-refractivity contribution in [2.45, 2.75) is 71.6 Å². The lowest BCUT2D eigenvalue weighted by Crippen LogP contribution is -2.24. The highest BCUT2D eigenvalue weighted by atomic mass is 15.1. The Labute approximate surface area is 97.2 Å². The van der Waals surface area contributed by atoms with E-state index in [0.29, 0.717) is 0 Å². The lowest BCUT2D eigenvalue weighted by molar-refractivity contribution is 0.277. The van der Waals surface area contributed by atoms with Crippen molar-refractivity contribution in [2.75, 3.05) is 20.1 Å². The molecule has 1 aliphatic rings. The van der Waals surface area contributed by atoms with E-state index in [4.69, 9.17) is 0 Å². The van der Waals surface area contributed by atoms with Crippen molar-refractivity contribution >= 4 is 0 Å². The van der Waals surface area contributed by atoms with Gasteiger partial charge in [0.15, 0.2) is 0 Å². The number of unbranched alkanes of at least 4 members (excludes halogenated alkanes) is 5. The van der Waals surface area contributed by atoms with Crippen LogP contribution >= 0.6 is 0 Å². The van der Waals surface area contributed by atoms with Gasteiger partial charge in [-0.1, -0.05) is 58.8 Å². The minimum Gasteiger partial charge on any atom is -0.306 e. The van der Waals surface area contributed by atoms with Gasteiger partial charge in [-0.25, -0.2) is 0 Å². The lowest BCUT2D eigenvalue weighted by Gasteiger charge is -2.20. The SMILES string of the molecule is CCCCCCCC.CN1CCCCC1. The molecule has 0 atom stereocenters. The quantitative estimate of drug-likeness (QED) is 0.609. The predicted molar refractivity (Wildman–Crippen MR) is 70.4 cm³/mol. The molecule has 0 amide bonds. The minimum atomic E-state index is 1.32. The van der Waals surface area contributed by atoms with E-state index in [2.05, 4.69) is 25.8 Å². The smallest absolute Gasteiger partial charge is 0.00218 e. The fraction of sp³-hybridized carbons (Fsp3) is 1.00. The molecule has 0 N–H and O–H groups in total. The molecule has 1 nitrogen and oxygen atoms in total. The van der Waals surface area contributed by atoms with Crippen molar-refractivity contribution in [1.82, 2.24) is 4.90 Å². The highest BCUT2D eigenvalue weighted by molar-refractivity contribution is 4.58. The fourth-order valence-corrected chi connectivity index (χ4v) is 1.91. The van der Waals surface area contributed by atoms with E-state index in [-0.39, 0.29) is 0 Å². The molecule has 1 rings (SSSR count). The Hall–Kier alpha value is -0.0400. The van der Waals surface area contributed by atoms with Crippen molar-refractivity contribution in [3.05, 3.63) is 0 Å². The number of hydrogen-bond acceptors (Lipinski definition) is 1. The molecule has 0 unspecified atom stereocenters. The zero-order chi connectivity index (χ0) is 11.4. The summed E-state index contributed by atoms with van der Waals surface area (Å²) in [6.07, 6.45) is 12.8. The van der Waals surface area contributed by atoms with Crippen molar-refractivity contribution < 1.29 is 0 Å². The van der Waals surface area contributed by atoms with Crippen LogP contribution in [0.2, 0.25) is 0 Å². The predicted octanol–water partition coefficient (Wildman–Crippen LogP) is 4.47. The molecule has 1 saturated heterocycles. The first-order chi connectivity index (χ1) is 7.31. The molecule has 1 aliphatic heterocycles. The first kappa shape index (κ1) is 15.0. The molecule has 0 aromatic heterocycles. The Morgan fingerprint density at radius 2 is 1.20 bits per heavy atom. The Bertz CT molecular complexity index is 99.9. The molecule has 0 aliphatic carbocycles. The highest BCUT2D eigenvalue weighted by Crippen LogP contribution is 2.04. The second kappa shape index (κ2) is 12.0. The monoisotopic (exact) mass is 213 g/mol. The first-order valence-electron chi connectivity index (χ1n) is 6.99. The first-order valence-corrected chi connectivity index (χ1v) is 6.99. The van der Waals surface area contributed by atoms with Crippen LogP contribution in [0.4, 0.5) is 0 Å². The molecule has 0 aromatic rings. The van der Waals surface area contributed by atoms with Gasteiger partial charge in [0.25, 0.3) is 0 Å². The van der Waals surface area contributed by atoms with Crippen LogP contribution < -0.4 is 0 Å². The molecule has 92 valence electrons. The molecule has 0 aromatic carbocycles. The molecule has 0 bridgehead atoms. The standard InChI is InChI=1S/C8H18.C6H13N/c1-3-5-7-8-6-4-2;1-7-5-3-2-4-6-7/h3-8H2,1-2H3;2-6H2,1H3. The third-order valence-corrected chi connectivity index (χ3v) is 3.04. The summed E-state index contributed by atoms with van der Waals surface area (Å²) >= 11 is 0. The number of likely N-dealkylation sites (tertiary alicyclic amines) is 1. The van der Waals surface area contributed by atoms with Gasteiger partial charge in [-0.05, 0) is 33.0 Å². The molecule has 1 heteroatoms. The summed E-state index contributed by atoms with van der Waals surface area (Å²) in [6.45, 7) is 7.15. The average Bonchev–Trinajstić information content (AvgIpc) is 2.27. The topological polar surface area (TPSA) is 3.24 Å². The van der Waals surface area contributed by atoms with Crippen LogP contribution in [-0.4, -0.2) is 25.0 Å². The van der Waals surface area contributed by atoms with E-state index in [0.717, 1.165) is 0 Å². The van der Waals surface area contributed by atoms with Crippen molar-refractivity contribution in [3.8, 4) is 0 Å². The van der Waals surface area contributed by atoms with E-state index in [9.17, 15) is 0 Å². The number of rotatable bonds is 5. The molecule has 15 heavy (non-hydrogen) atoms. The van der Waals surface area contributed by atoms with E-state index in [1.54, 1.807) is 0 Å². The van der Waals surface area contributed by atoms with Crippen LogP contribution in [0.1, 0.15) is 71.6 Å². The largest absolute Gasteiger partial charge is 0.306 e. The van der Waals surface area contributed by atoms with E-state index in [1.165, 1.54) is 70.9 Å². The van der Waals surface area contributed by atoms with E-state index in [1.807, 2.05) is 0 Å². The Morgan fingerprint density at radius 3 is 1.47 bits per heavy atom. The third kappa shape index (κ3) is 11.9. The van der Waals surface area contributed by atoms with Gasteiger partial charge in [-0.15, -0.1) is 0 Å². The molecule has 1 fully saturated rings. The maximum absolute atomic E-state index is 2.39. The molecule has 0 radical (unpaired) electrons. The van der Waals surface area contributed by atoms with Gasteiger partial charge in [0, 0.05) is 0 Å². The summed E-state index contributed by atoms with van der Waals surface area (Å²) in [5.41, 5.74) is 0. The summed E-state index contributed by atoms with van der Waals surface area (Å²) in [5, 5.41) is 0. The minimum absolute atomic E-state index is 1.32. The van der Waals surface area contributed by atoms with Crippen LogP contribution in [0.3, 0.4) is 0 Å². The summed E-state index contributed by atoms with van der Waals surface area (Å²) in [7, 11) is 2.19. The second-order valence-corrected chi connectivity index (χ2v) is 4.78. The third-order valence-electron chi connectivity index (χ3n) is 3.04. The average molecular weight is 213 g/mol. The highest BCUT2D eigenvalue weighted by Gasteiger charge is 2.02. The lowest BCUT2D eigenvalue weighted by atomic mass is 10.1. The van der Waals surface area contributed by atoms with Gasteiger partial charge in [-0.3, -0.25) is 0 Å². The summed E-state index contributed by atoms with van der Waals surface area (Å²) in [6, 6.07) is 0. The van der Waals surface area contributed by atoms with Gasteiger partial charge in [-0.2, -0.15) is 0 Å². The number of nitrogens with zero attached hydrogens (tertiary/aromatic N) is 1. The van der Waals surface area contributed by atoms with Crippen molar-refractivity contribution in [2.24, 2.45) is 0 Å². The molecule has 1 heterocycles. The van der Waals surface area contributed by atoms with Gasteiger partial charge >= 0.3 is 0 Å². The normalized spacial score (nSPS) is 17.0. The Balaban J connectivity index is 0.000000262. The van der Waals surface area contributed by atoms with Gasteiger partial charge in [0.05, 0.1) is 0 Å². The van der Waals surface area contributed by atoms with Crippen LogP contribution in [-0.2, 0) is 0 Å². The van der Waals surface area contributed by atoms with Gasteiger partial charge in [0.1, 0.15) is 0 Å². The van der Waals surface area contributed by atoms with Gasteiger partial charge < -0.3 is 4.90 Å². The summed E-state index contributed by atoms with van der Waals surface area (Å²) in [4.78, 5) is 2.39. The van der Waals surface area contributed by atoms with Crippen LogP contribution in [0, 0.1) is 0 Å². The molecule has 0 saturated carbocycles. The second-order valence-electron chi connectivity index (χ2n) is 4.78. The number of hydrogen-bond donors (Lipinski definition) is 0. The zero-order valence-electron chi connectivity index (χ0n) is 11.2. The number of piperidine rings is 1. The molecular weight excluding hydrogens is 182 g/mol.